The van der Waals surface area contributed by atoms with E-state index in [0.717, 1.165) is 10.6 Å². The van der Waals surface area contributed by atoms with Crippen LogP contribution in [0.3, 0.4) is 0 Å². The molecule has 0 aliphatic heterocycles. The average Bonchev–Trinajstić information content (AvgIpc) is 3.23. The summed E-state index contributed by atoms with van der Waals surface area (Å²) in [5.74, 6) is 1.20. The summed E-state index contributed by atoms with van der Waals surface area (Å²) in [4.78, 5) is 32.0. The van der Waals surface area contributed by atoms with Gasteiger partial charge in [0.25, 0.3) is 11.2 Å². The fraction of sp³-hybridized carbons (Fsp3) is 0.150. The lowest BCUT2D eigenvalue weighted by molar-refractivity contribution is -0.384. The van der Waals surface area contributed by atoms with Crippen LogP contribution in [-0.4, -0.2) is 33.7 Å². The number of aromatic nitrogens is 3. The number of ether oxygens (including phenoxy) is 2. The summed E-state index contributed by atoms with van der Waals surface area (Å²) in [6, 6.07) is 9.56. The minimum atomic E-state index is -0.518. The van der Waals surface area contributed by atoms with Gasteiger partial charge in [-0.3, -0.25) is 19.5 Å². The highest BCUT2D eigenvalue weighted by atomic mass is 32.1. The third-order valence-electron chi connectivity index (χ3n) is 4.54. The fourth-order valence-corrected chi connectivity index (χ4v) is 3.94. The Balaban J connectivity index is 1.67. The van der Waals surface area contributed by atoms with E-state index in [-0.39, 0.29) is 23.3 Å². The van der Waals surface area contributed by atoms with Crippen molar-refractivity contribution in [3.63, 3.8) is 0 Å². The van der Waals surface area contributed by atoms with Crippen molar-refractivity contribution in [3.8, 4) is 22.1 Å². The molecule has 0 bridgehead atoms. The van der Waals surface area contributed by atoms with Crippen molar-refractivity contribution in [1.82, 2.24) is 14.5 Å². The SMILES string of the molecule is COc1cccc(-c2nc(Cn3cnc4cc([N+](=O)[O-])ccc4c3=O)cs2)c1OC. The number of benzene rings is 2. The van der Waals surface area contributed by atoms with Gasteiger partial charge in [-0.05, 0) is 18.2 Å². The van der Waals surface area contributed by atoms with E-state index in [1.165, 1.54) is 40.4 Å². The number of thiazole rings is 1. The Bertz CT molecular complexity index is 1310. The lowest BCUT2D eigenvalue weighted by Crippen LogP contribution is -2.21. The van der Waals surface area contributed by atoms with E-state index in [1.54, 1.807) is 14.2 Å². The number of fused-ring (bicyclic) bond motifs is 1. The van der Waals surface area contributed by atoms with Crippen LogP contribution in [0, 0.1) is 10.1 Å². The topological polar surface area (TPSA) is 109 Å². The zero-order valence-electron chi connectivity index (χ0n) is 16.1. The molecule has 0 aliphatic carbocycles. The summed E-state index contributed by atoms with van der Waals surface area (Å²) in [6.07, 6.45) is 1.37. The fourth-order valence-electron chi connectivity index (χ4n) is 3.11. The van der Waals surface area contributed by atoms with Crippen LogP contribution in [0.5, 0.6) is 11.5 Å². The standard InChI is InChI=1S/C20H16N4O5S/c1-28-17-5-3-4-15(18(17)29-2)19-22-12(10-30-19)9-23-11-21-16-8-13(24(26)27)6-7-14(16)20(23)25/h3-8,10-11H,9H2,1-2H3. The van der Waals surface area contributed by atoms with E-state index >= 15 is 0 Å². The van der Waals surface area contributed by atoms with Crippen LogP contribution in [0.1, 0.15) is 5.69 Å². The Morgan fingerprint density at radius 1 is 1.20 bits per heavy atom. The molecule has 4 rings (SSSR count). The number of rotatable bonds is 6. The molecule has 30 heavy (non-hydrogen) atoms. The summed E-state index contributed by atoms with van der Waals surface area (Å²) in [5.41, 5.74) is 1.37. The third kappa shape index (κ3) is 3.48. The van der Waals surface area contributed by atoms with Crippen molar-refractivity contribution in [3.05, 3.63) is 74.3 Å². The summed E-state index contributed by atoms with van der Waals surface area (Å²) >= 11 is 1.43. The normalized spacial score (nSPS) is 10.9. The quantitative estimate of drug-likeness (QED) is 0.344. The molecule has 0 fully saturated rings. The molecule has 0 atom stereocenters. The van der Waals surface area contributed by atoms with E-state index in [2.05, 4.69) is 9.97 Å². The molecule has 0 saturated heterocycles. The first-order valence-electron chi connectivity index (χ1n) is 8.81. The van der Waals surface area contributed by atoms with E-state index in [0.29, 0.717) is 22.6 Å². The minimum Gasteiger partial charge on any atom is -0.493 e. The van der Waals surface area contributed by atoms with Crippen LogP contribution in [0.2, 0.25) is 0 Å². The molecule has 0 spiro atoms. The Hall–Kier alpha value is -3.79. The van der Waals surface area contributed by atoms with Crippen LogP contribution in [0.25, 0.3) is 21.5 Å². The van der Waals surface area contributed by atoms with E-state index in [9.17, 15) is 14.9 Å². The number of nitrogens with zero attached hydrogens (tertiary/aromatic N) is 4. The maximum absolute atomic E-state index is 12.8. The summed E-state index contributed by atoms with van der Waals surface area (Å²) < 4.78 is 12.2. The predicted molar refractivity (Wildman–Crippen MR) is 112 cm³/mol. The number of hydrogen-bond acceptors (Lipinski definition) is 8. The maximum Gasteiger partial charge on any atom is 0.271 e. The number of methoxy groups -OCH3 is 2. The Morgan fingerprint density at radius 2 is 2.03 bits per heavy atom. The second-order valence-corrected chi connectivity index (χ2v) is 7.18. The van der Waals surface area contributed by atoms with Crippen molar-refractivity contribution in [2.24, 2.45) is 0 Å². The largest absolute Gasteiger partial charge is 0.493 e. The number of nitro benzene ring substituents is 1. The molecule has 2 aromatic heterocycles. The van der Waals surface area contributed by atoms with Crippen LogP contribution in [0.15, 0.2) is 52.9 Å². The second kappa shape index (κ2) is 7.91. The third-order valence-corrected chi connectivity index (χ3v) is 5.46. The van der Waals surface area contributed by atoms with Gasteiger partial charge in [-0.2, -0.15) is 0 Å². The first kappa shape index (κ1) is 19.5. The maximum atomic E-state index is 12.8. The van der Waals surface area contributed by atoms with Crippen molar-refractivity contribution < 1.29 is 14.4 Å². The molecule has 0 aliphatic rings. The van der Waals surface area contributed by atoms with Gasteiger partial charge >= 0.3 is 0 Å². The second-order valence-electron chi connectivity index (χ2n) is 6.32. The smallest absolute Gasteiger partial charge is 0.271 e. The molecule has 152 valence electrons. The lowest BCUT2D eigenvalue weighted by Gasteiger charge is -2.10. The van der Waals surface area contributed by atoms with Gasteiger partial charge in [0, 0.05) is 17.5 Å². The van der Waals surface area contributed by atoms with Crippen LogP contribution in [-0.2, 0) is 6.54 Å². The molecule has 0 amide bonds. The molecular weight excluding hydrogens is 408 g/mol. The van der Waals surface area contributed by atoms with E-state index < -0.39 is 4.92 Å². The van der Waals surface area contributed by atoms with Gasteiger partial charge in [-0.25, -0.2) is 9.97 Å². The molecule has 0 saturated carbocycles. The molecule has 2 aromatic carbocycles. The summed E-state index contributed by atoms with van der Waals surface area (Å²) in [5, 5.41) is 13.8. The Morgan fingerprint density at radius 3 is 2.77 bits per heavy atom. The van der Waals surface area contributed by atoms with Gasteiger partial charge in [-0.1, -0.05) is 6.07 Å². The number of para-hydroxylation sites is 1. The van der Waals surface area contributed by atoms with Crippen molar-refractivity contribution >= 4 is 27.9 Å². The highest BCUT2D eigenvalue weighted by molar-refractivity contribution is 7.13. The van der Waals surface area contributed by atoms with Crippen molar-refractivity contribution in [2.45, 2.75) is 6.54 Å². The van der Waals surface area contributed by atoms with Gasteiger partial charge in [0.2, 0.25) is 0 Å². The monoisotopic (exact) mass is 424 g/mol. The molecule has 0 unspecified atom stereocenters. The van der Waals surface area contributed by atoms with Gasteiger partial charge in [0.15, 0.2) is 11.5 Å². The molecule has 4 aromatic rings. The molecule has 0 radical (unpaired) electrons. The van der Waals surface area contributed by atoms with E-state index in [1.807, 2.05) is 23.6 Å². The Kier molecular flexibility index (Phi) is 5.15. The highest BCUT2D eigenvalue weighted by Gasteiger charge is 2.16. The van der Waals surface area contributed by atoms with Crippen molar-refractivity contribution in [1.29, 1.82) is 0 Å². The number of non-ortho nitro benzene ring substituents is 1. The first-order chi connectivity index (χ1) is 14.5. The first-order valence-corrected chi connectivity index (χ1v) is 9.69. The summed E-state index contributed by atoms with van der Waals surface area (Å²) in [6.45, 7) is 0.224. The number of hydrogen-bond donors (Lipinski definition) is 0. The molecular formula is C20H16N4O5S. The molecule has 10 heteroatoms. The minimum absolute atomic E-state index is 0.108. The van der Waals surface area contributed by atoms with Crippen LogP contribution < -0.4 is 15.0 Å². The Labute approximate surface area is 174 Å². The molecule has 9 nitrogen and oxygen atoms in total. The number of nitro groups is 1. The van der Waals surface area contributed by atoms with Crippen molar-refractivity contribution in [2.75, 3.05) is 14.2 Å². The zero-order valence-corrected chi connectivity index (χ0v) is 16.9. The average molecular weight is 424 g/mol. The molecule has 2 heterocycles. The highest BCUT2D eigenvalue weighted by Crippen LogP contribution is 2.39. The predicted octanol–water partition coefficient (Wildman–Crippen LogP) is 3.49. The van der Waals surface area contributed by atoms with E-state index in [4.69, 9.17) is 9.47 Å². The van der Waals surface area contributed by atoms with Gasteiger partial charge in [0.05, 0.1) is 54.2 Å². The molecule has 0 N–H and O–H groups in total. The van der Waals surface area contributed by atoms with Gasteiger partial charge < -0.3 is 9.47 Å². The van der Waals surface area contributed by atoms with Gasteiger partial charge in [0.1, 0.15) is 5.01 Å². The van der Waals surface area contributed by atoms with Crippen LogP contribution in [0.4, 0.5) is 5.69 Å². The van der Waals surface area contributed by atoms with Gasteiger partial charge in [-0.15, -0.1) is 11.3 Å². The summed E-state index contributed by atoms with van der Waals surface area (Å²) in [7, 11) is 3.14. The van der Waals surface area contributed by atoms with Crippen LogP contribution >= 0.6 is 11.3 Å². The lowest BCUT2D eigenvalue weighted by atomic mass is 10.2. The zero-order chi connectivity index (χ0) is 21.3.